The van der Waals surface area contributed by atoms with Gasteiger partial charge < -0.3 is 21.1 Å². The molecule has 206 valence electrons. The summed E-state index contributed by atoms with van der Waals surface area (Å²) < 4.78 is 0. The van der Waals surface area contributed by atoms with Gasteiger partial charge in [-0.15, -0.1) is 0 Å². The lowest BCUT2D eigenvalue weighted by Crippen LogP contribution is -2.51. The quantitative estimate of drug-likeness (QED) is 0.175. The topological polar surface area (TPSA) is 140 Å². The molecule has 6 N–H and O–H groups in total. The van der Waals surface area contributed by atoms with E-state index in [1.807, 2.05) is 24.3 Å². The highest BCUT2D eigenvalue weighted by atomic mass is 16.5. The maximum atomic E-state index is 12.5. The van der Waals surface area contributed by atoms with E-state index in [1.165, 1.54) is 18.8 Å². The number of benzene rings is 2. The highest BCUT2D eigenvalue weighted by molar-refractivity contribution is 5.97. The first-order chi connectivity index (χ1) is 18.5. The van der Waals surface area contributed by atoms with Gasteiger partial charge in [0.25, 0.3) is 11.8 Å². The van der Waals surface area contributed by atoms with Crippen molar-refractivity contribution in [1.82, 2.24) is 16.1 Å². The molecule has 2 unspecified atom stereocenters. The highest BCUT2D eigenvalue weighted by Gasteiger charge is 2.61. The summed E-state index contributed by atoms with van der Waals surface area (Å²) in [7, 11) is 0. The predicted molar refractivity (Wildman–Crippen MR) is 147 cm³/mol. The van der Waals surface area contributed by atoms with E-state index in [1.54, 1.807) is 24.3 Å². The molecular weight excluding hydrogens is 496 g/mol. The molecule has 3 aliphatic carbocycles. The van der Waals surface area contributed by atoms with E-state index in [2.05, 4.69) is 48.6 Å². The van der Waals surface area contributed by atoms with Crippen LogP contribution in [0.15, 0.2) is 48.5 Å². The Morgan fingerprint density at radius 1 is 1.00 bits per heavy atom. The molecule has 3 fully saturated rings. The van der Waals surface area contributed by atoms with Gasteiger partial charge in [0.1, 0.15) is 6.04 Å². The smallest absolute Gasteiger partial charge is 0.268 e. The van der Waals surface area contributed by atoms with Crippen LogP contribution in [-0.2, 0) is 9.59 Å². The van der Waals surface area contributed by atoms with Crippen molar-refractivity contribution in [3.63, 3.8) is 0 Å². The second kappa shape index (κ2) is 11.6. The lowest BCUT2D eigenvalue weighted by molar-refractivity contribution is -0.133. The predicted octanol–water partition coefficient (Wildman–Crippen LogP) is 2.28. The molecule has 0 spiro atoms. The van der Waals surface area contributed by atoms with E-state index >= 15 is 0 Å². The third-order valence-corrected chi connectivity index (χ3v) is 8.38. The summed E-state index contributed by atoms with van der Waals surface area (Å²) in [6.07, 6.45) is 0.0622. The van der Waals surface area contributed by atoms with Crippen LogP contribution in [0, 0.1) is 35.0 Å². The van der Waals surface area contributed by atoms with Gasteiger partial charge in [-0.1, -0.05) is 32.6 Å². The number of rotatable bonds is 8. The number of hydrogen-bond donors (Lipinski definition) is 6. The van der Waals surface area contributed by atoms with Crippen molar-refractivity contribution in [1.29, 1.82) is 0 Å². The van der Waals surface area contributed by atoms with Gasteiger partial charge in [-0.2, -0.15) is 0 Å². The van der Waals surface area contributed by atoms with Crippen LogP contribution in [-0.4, -0.2) is 52.8 Å². The Morgan fingerprint density at radius 2 is 1.59 bits per heavy atom. The molecule has 2 aromatic rings. The molecule has 3 amide bonds. The Labute approximate surface area is 228 Å². The molecular formula is C30H36N4O5. The van der Waals surface area contributed by atoms with Gasteiger partial charge in [0.2, 0.25) is 5.91 Å². The van der Waals surface area contributed by atoms with Gasteiger partial charge in [-0.3, -0.25) is 19.6 Å². The van der Waals surface area contributed by atoms with Crippen molar-refractivity contribution in [2.24, 2.45) is 23.2 Å². The Balaban J connectivity index is 1.27. The number of carbonyl (C=O) groups excluding carboxylic acids is 3. The SMILES string of the molecule is C[C@@H]1C(NCC(=O)Nc2ccc(C#Cc3ccc(C(=O)N[C@H](C(=O)NO)[C@@H](C)O)cc3)cc2)C2C[C@@H]1C2(C)C. The maximum Gasteiger partial charge on any atom is 0.268 e. The van der Waals surface area contributed by atoms with Crippen molar-refractivity contribution in [3.8, 4) is 11.8 Å². The van der Waals surface area contributed by atoms with Crippen molar-refractivity contribution in [3.05, 3.63) is 65.2 Å². The van der Waals surface area contributed by atoms with E-state index in [0.29, 0.717) is 34.5 Å². The number of hydroxylamine groups is 1. The van der Waals surface area contributed by atoms with E-state index in [0.717, 1.165) is 11.5 Å². The summed E-state index contributed by atoms with van der Waals surface area (Å²) >= 11 is 0. The normalized spacial score (nSPS) is 23.8. The minimum absolute atomic E-state index is 0.0659. The van der Waals surface area contributed by atoms with Gasteiger partial charge in [0.15, 0.2) is 0 Å². The number of nitrogens with one attached hydrogen (secondary N) is 4. The number of fused-ring (bicyclic) bond motifs is 1. The van der Waals surface area contributed by atoms with Crippen LogP contribution < -0.4 is 21.4 Å². The first-order valence-corrected chi connectivity index (χ1v) is 13.2. The first-order valence-electron chi connectivity index (χ1n) is 13.2. The molecule has 0 saturated heterocycles. The van der Waals surface area contributed by atoms with E-state index in [4.69, 9.17) is 5.21 Å². The van der Waals surface area contributed by atoms with E-state index in [-0.39, 0.29) is 18.0 Å². The number of amides is 3. The molecule has 9 nitrogen and oxygen atoms in total. The fourth-order valence-corrected chi connectivity index (χ4v) is 6.04. The molecule has 39 heavy (non-hydrogen) atoms. The zero-order chi connectivity index (χ0) is 28.3. The van der Waals surface area contributed by atoms with Crippen LogP contribution in [0.3, 0.4) is 0 Å². The third kappa shape index (κ3) is 6.14. The van der Waals surface area contributed by atoms with Crippen LogP contribution in [0.5, 0.6) is 0 Å². The average Bonchev–Trinajstić information content (AvgIpc) is 3.36. The Hall–Kier alpha value is -3.71. The zero-order valence-corrected chi connectivity index (χ0v) is 22.6. The number of carbonyl (C=O) groups is 3. The molecule has 3 aliphatic rings. The van der Waals surface area contributed by atoms with Gasteiger partial charge in [0, 0.05) is 28.4 Å². The van der Waals surface area contributed by atoms with Crippen molar-refractivity contribution in [2.75, 3.05) is 11.9 Å². The first kappa shape index (κ1) is 28.3. The number of aliphatic hydroxyl groups is 1. The summed E-state index contributed by atoms with van der Waals surface area (Å²) in [6.45, 7) is 8.58. The minimum Gasteiger partial charge on any atom is -0.391 e. The number of hydrogen-bond acceptors (Lipinski definition) is 6. The van der Waals surface area contributed by atoms with Crippen molar-refractivity contribution in [2.45, 2.75) is 52.3 Å². The van der Waals surface area contributed by atoms with Gasteiger partial charge in [-0.05, 0) is 85.0 Å². The molecule has 3 saturated carbocycles. The molecule has 0 radical (unpaired) electrons. The summed E-state index contributed by atoms with van der Waals surface area (Å²) in [5, 5.41) is 27.2. The summed E-state index contributed by atoms with van der Waals surface area (Å²) in [6, 6.07) is 12.8. The van der Waals surface area contributed by atoms with Gasteiger partial charge >= 0.3 is 0 Å². The molecule has 9 heteroatoms. The summed E-state index contributed by atoms with van der Waals surface area (Å²) in [4.78, 5) is 36.5. The minimum atomic E-state index is -1.29. The third-order valence-electron chi connectivity index (χ3n) is 8.38. The van der Waals surface area contributed by atoms with Gasteiger partial charge in [-0.25, -0.2) is 5.48 Å². The Bertz CT molecular complexity index is 1280. The number of anilines is 1. The van der Waals surface area contributed by atoms with Crippen molar-refractivity contribution < 1.29 is 24.7 Å². The molecule has 6 atom stereocenters. The standard InChI is InChI=1S/C30H36N4O5/c1-17-23-15-24(30(23,3)4)26(17)31-16-25(36)32-22-13-9-20(10-14-22)6-5-19-7-11-21(12-8-19)28(37)33-27(18(2)35)29(38)34-39/h7-14,17-18,23-24,26-27,31,35,39H,15-16H2,1-4H3,(H,32,36)(H,33,37)(H,34,38)/t17-,18+,23-,24?,26?,27-/m0/s1. The molecule has 0 aliphatic heterocycles. The summed E-state index contributed by atoms with van der Waals surface area (Å²) in [5.41, 5.74) is 4.21. The van der Waals surface area contributed by atoms with Crippen LogP contribution in [0.25, 0.3) is 0 Å². The molecule has 0 aromatic heterocycles. The Kier molecular flexibility index (Phi) is 8.40. The molecule has 2 bridgehead atoms. The summed E-state index contributed by atoms with van der Waals surface area (Å²) in [5.74, 6) is 6.50. The molecule has 5 rings (SSSR count). The van der Waals surface area contributed by atoms with Gasteiger partial charge in [0.05, 0.1) is 12.6 Å². The van der Waals surface area contributed by atoms with Crippen LogP contribution >= 0.6 is 0 Å². The molecule has 2 aromatic carbocycles. The second-order valence-corrected chi connectivity index (χ2v) is 11.2. The fourth-order valence-electron chi connectivity index (χ4n) is 6.04. The van der Waals surface area contributed by atoms with Crippen LogP contribution in [0.4, 0.5) is 5.69 Å². The molecule has 0 heterocycles. The lowest BCUT2D eigenvalue weighted by atomic mass is 9.60. The fraction of sp³-hybridized carbons (Fsp3) is 0.433. The second-order valence-electron chi connectivity index (χ2n) is 11.2. The van der Waals surface area contributed by atoms with Crippen molar-refractivity contribution >= 4 is 23.4 Å². The highest BCUT2D eigenvalue weighted by Crippen LogP contribution is 2.64. The number of aliphatic hydroxyl groups excluding tert-OH is 1. The largest absolute Gasteiger partial charge is 0.391 e. The van der Waals surface area contributed by atoms with E-state index < -0.39 is 24.0 Å². The van der Waals surface area contributed by atoms with Crippen LogP contribution in [0.1, 0.15) is 55.6 Å². The average molecular weight is 533 g/mol. The Morgan fingerprint density at radius 3 is 2.08 bits per heavy atom. The van der Waals surface area contributed by atoms with E-state index in [9.17, 15) is 19.5 Å². The van der Waals surface area contributed by atoms with Crippen LogP contribution in [0.2, 0.25) is 0 Å². The maximum absolute atomic E-state index is 12.5. The monoisotopic (exact) mass is 532 g/mol. The zero-order valence-electron chi connectivity index (χ0n) is 22.6. The lowest BCUT2D eigenvalue weighted by Gasteiger charge is -2.45.